The molecule has 1 spiro atoms. The lowest BCUT2D eigenvalue weighted by atomic mass is 9.93. The topological polar surface area (TPSA) is 32.8 Å². The Morgan fingerprint density at radius 2 is 2.06 bits per heavy atom. The van der Waals surface area contributed by atoms with Crippen LogP contribution in [0.5, 0.6) is 0 Å². The molecule has 0 radical (unpaired) electrons. The normalized spacial score (nSPS) is 32.2. The van der Waals surface area contributed by atoms with Gasteiger partial charge in [-0.3, -0.25) is 9.69 Å². The van der Waals surface area contributed by atoms with Crippen LogP contribution in [0.15, 0.2) is 0 Å². The summed E-state index contributed by atoms with van der Waals surface area (Å²) in [6, 6.07) is 0. The first-order valence-corrected chi connectivity index (χ1v) is 6.51. The maximum atomic E-state index is 11.9. The zero-order valence-corrected chi connectivity index (χ0v) is 11.5. The van der Waals surface area contributed by atoms with E-state index in [9.17, 15) is 4.79 Å². The number of rotatable bonds is 0. The second-order valence-electron chi connectivity index (χ2n) is 6.19. The predicted octanol–water partition coefficient (Wildman–Crippen LogP) is 1.46. The second kappa shape index (κ2) is 4.25. The number of hydrogen-bond donors (Lipinski definition) is 0. The van der Waals surface area contributed by atoms with Gasteiger partial charge in [-0.05, 0) is 40.2 Å². The quantitative estimate of drug-likeness (QED) is 0.642. The van der Waals surface area contributed by atoms with Gasteiger partial charge in [0, 0.05) is 19.1 Å². The van der Waals surface area contributed by atoms with Gasteiger partial charge >= 0.3 is 0 Å². The minimum absolute atomic E-state index is 0.137. The maximum absolute atomic E-state index is 11.9. The Bertz CT molecular complexity index is 307. The van der Waals surface area contributed by atoms with Crippen LogP contribution in [0.4, 0.5) is 0 Å². The summed E-state index contributed by atoms with van der Waals surface area (Å²) >= 11 is 0. The van der Waals surface area contributed by atoms with Crippen molar-refractivity contribution in [2.45, 2.75) is 51.3 Å². The average molecular weight is 240 g/mol. The fourth-order valence-electron chi connectivity index (χ4n) is 2.79. The van der Waals surface area contributed by atoms with Crippen LogP contribution >= 0.6 is 0 Å². The van der Waals surface area contributed by atoms with Gasteiger partial charge in [-0.15, -0.1) is 0 Å². The van der Waals surface area contributed by atoms with Crippen molar-refractivity contribution in [1.82, 2.24) is 9.80 Å². The van der Waals surface area contributed by atoms with Gasteiger partial charge in [0.2, 0.25) is 5.91 Å². The summed E-state index contributed by atoms with van der Waals surface area (Å²) in [5.74, 6) is 0.215. The molecule has 1 amide bonds. The van der Waals surface area contributed by atoms with Gasteiger partial charge < -0.3 is 9.64 Å². The Morgan fingerprint density at radius 3 is 2.71 bits per heavy atom. The SMILES string of the molecule is CN1C(=O)CCOC12CCCN(C(C)(C)C)C2. The monoisotopic (exact) mass is 240 g/mol. The molecule has 98 valence electrons. The third kappa shape index (κ3) is 2.33. The Labute approximate surface area is 104 Å². The molecule has 4 nitrogen and oxygen atoms in total. The number of likely N-dealkylation sites (N-methyl/N-ethyl adjacent to an activating group) is 1. The summed E-state index contributed by atoms with van der Waals surface area (Å²) in [6.45, 7) is 9.15. The minimum Gasteiger partial charge on any atom is -0.354 e. The van der Waals surface area contributed by atoms with E-state index in [-0.39, 0.29) is 17.2 Å². The largest absolute Gasteiger partial charge is 0.354 e. The molecule has 0 N–H and O–H groups in total. The molecule has 2 rings (SSSR count). The van der Waals surface area contributed by atoms with Gasteiger partial charge in [0.25, 0.3) is 0 Å². The van der Waals surface area contributed by atoms with Crippen LogP contribution in [0.2, 0.25) is 0 Å². The van der Waals surface area contributed by atoms with Crippen molar-refractivity contribution in [2.75, 3.05) is 26.7 Å². The lowest BCUT2D eigenvalue weighted by Gasteiger charge is -2.52. The highest BCUT2D eigenvalue weighted by Crippen LogP contribution is 2.34. The molecular weight excluding hydrogens is 216 g/mol. The standard InChI is InChI=1S/C13H24N2O2/c1-12(2,3)15-8-5-7-13(10-15)14(4)11(16)6-9-17-13/h5-10H2,1-4H3. The van der Waals surface area contributed by atoms with Crippen molar-refractivity contribution in [2.24, 2.45) is 0 Å². The molecule has 1 unspecified atom stereocenters. The molecule has 2 fully saturated rings. The van der Waals surface area contributed by atoms with E-state index in [1.165, 1.54) is 0 Å². The van der Waals surface area contributed by atoms with E-state index in [1.54, 1.807) is 0 Å². The first-order chi connectivity index (χ1) is 7.85. The number of hydrogen-bond acceptors (Lipinski definition) is 3. The summed E-state index contributed by atoms with van der Waals surface area (Å²) < 4.78 is 5.98. The molecule has 0 saturated carbocycles. The van der Waals surface area contributed by atoms with Gasteiger partial charge in [-0.1, -0.05) is 0 Å². The van der Waals surface area contributed by atoms with Crippen LogP contribution in [-0.4, -0.2) is 53.7 Å². The van der Waals surface area contributed by atoms with Crippen molar-refractivity contribution in [1.29, 1.82) is 0 Å². The predicted molar refractivity (Wildman–Crippen MR) is 66.6 cm³/mol. The lowest BCUT2D eigenvalue weighted by Crippen LogP contribution is -2.65. The average Bonchev–Trinajstić information content (AvgIpc) is 2.25. The van der Waals surface area contributed by atoms with E-state index < -0.39 is 0 Å². The molecule has 0 aliphatic carbocycles. The van der Waals surface area contributed by atoms with Crippen LogP contribution in [0.3, 0.4) is 0 Å². The highest BCUT2D eigenvalue weighted by molar-refractivity contribution is 5.77. The first kappa shape index (κ1) is 12.8. The molecule has 17 heavy (non-hydrogen) atoms. The van der Waals surface area contributed by atoms with E-state index in [2.05, 4.69) is 25.7 Å². The molecule has 1 atom stereocenters. The molecule has 2 saturated heterocycles. The highest BCUT2D eigenvalue weighted by atomic mass is 16.5. The van der Waals surface area contributed by atoms with E-state index in [0.29, 0.717) is 13.0 Å². The molecule has 0 aromatic rings. The second-order valence-corrected chi connectivity index (χ2v) is 6.19. The van der Waals surface area contributed by atoms with E-state index >= 15 is 0 Å². The summed E-state index contributed by atoms with van der Waals surface area (Å²) in [5.41, 5.74) is -0.237. The molecule has 4 heteroatoms. The summed E-state index contributed by atoms with van der Waals surface area (Å²) in [6.07, 6.45) is 2.57. The first-order valence-electron chi connectivity index (χ1n) is 6.51. The van der Waals surface area contributed by atoms with Crippen LogP contribution in [0, 0.1) is 0 Å². The molecular formula is C13H24N2O2. The fraction of sp³-hybridized carbons (Fsp3) is 0.923. The number of ether oxygens (including phenoxy) is 1. The van der Waals surface area contributed by atoms with Crippen LogP contribution < -0.4 is 0 Å². The van der Waals surface area contributed by atoms with Crippen LogP contribution in [0.25, 0.3) is 0 Å². The smallest absolute Gasteiger partial charge is 0.226 e. The van der Waals surface area contributed by atoms with Gasteiger partial charge in [0.15, 0.2) is 5.72 Å². The Balaban J connectivity index is 2.17. The van der Waals surface area contributed by atoms with Gasteiger partial charge in [0.1, 0.15) is 0 Å². The van der Waals surface area contributed by atoms with Crippen molar-refractivity contribution in [3.63, 3.8) is 0 Å². The van der Waals surface area contributed by atoms with Crippen LogP contribution in [0.1, 0.15) is 40.0 Å². The lowest BCUT2D eigenvalue weighted by molar-refractivity contribution is -0.213. The van der Waals surface area contributed by atoms with Gasteiger partial charge in [-0.2, -0.15) is 0 Å². The maximum Gasteiger partial charge on any atom is 0.226 e. The van der Waals surface area contributed by atoms with Crippen molar-refractivity contribution in [3.05, 3.63) is 0 Å². The number of nitrogens with zero attached hydrogens (tertiary/aromatic N) is 2. The highest BCUT2D eigenvalue weighted by Gasteiger charge is 2.46. The van der Waals surface area contributed by atoms with Crippen molar-refractivity contribution >= 4 is 5.91 Å². The van der Waals surface area contributed by atoms with E-state index in [1.807, 2.05) is 11.9 Å². The zero-order valence-electron chi connectivity index (χ0n) is 11.5. The molecule has 0 aromatic heterocycles. The molecule has 2 aliphatic heterocycles. The van der Waals surface area contributed by atoms with Crippen molar-refractivity contribution in [3.8, 4) is 0 Å². The molecule has 2 heterocycles. The molecule has 0 aromatic carbocycles. The summed E-state index contributed by atoms with van der Waals surface area (Å²) in [5, 5.41) is 0. The summed E-state index contributed by atoms with van der Waals surface area (Å²) in [7, 11) is 1.88. The Morgan fingerprint density at radius 1 is 1.35 bits per heavy atom. The Kier molecular flexibility index (Phi) is 3.21. The third-order valence-electron chi connectivity index (χ3n) is 4.05. The summed E-state index contributed by atoms with van der Waals surface area (Å²) in [4.78, 5) is 16.1. The van der Waals surface area contributed by atoms with Gasteiger partial charge in [0.05, 0.1) is 13.0 Å². The third-order valence-corrected chi connectivity index (χ3v) is 4.05. The zero-order chi connectivity index (χ0) is 12.7. The van der Waals surface area contributed by atoms with E-state index in [4.69, 9.17) is 4.74 Å². The number of piperidine rings is 1. The number of carbonyl (C=O) groups excluding carboxylic acids is 1. The molecule has 0 bridgehead atoms. The van der Waals surface area contributed by atoms with Crippen molar-refractivity contribution < 1.29 is 9.53 Å². The van der Waals surface area contributed by atoms with Crippen LogP contribution in [-0.2, 0) is 9.53 Å². The van der Waals surface area contributed by atoms with Gasteiger partial charge in [-0.25, -0.2) is 0 Å². The fourth-order valence-corrected chi connectivity index (χ4v) is 2.79. The minimum atomic E-state index is -0.374. The Hall–Kier alpha value is -0.610. The molecule has 2 aliphatic rings. The number of likely N-dealkylation sites (tertiary alicyclic amines) is 1. The number of amides is 1. The number of carbonyl (C=O) groups is 1. The van der Waals surface area contributed by atoms with E-state index in [0.717, 1.165) is 25.9 Å².